The van der Waals surface area contributed by atoms with Gasteiger partial charge in [-0.25, -0.2) is 0 Å². The third-order valence-electron chi connectivity index (χ3n) is 2.33. The number of benzene rings is 1. The summed E-state index contributed by atoms with van der Waals surface area (Å²) in [6.45, 7) is 2.45. The zero-order valence-corrected chi connectivity index (χ0v) is 12.3. The molecule has 1 aromatic carbocycles. The molecule has 2 aromatic rings. The van der Waals surface area contributed by atoms with Crippen LogP contribution in [-0.4, -0.2) is 35.7 Å². The summed E-state index contributed by atoms with van der Waals surface area (Å²) in [5, 5.41) is 0.0765. The average molecular weight is 295 g/mol. The molecule has 0 amide bonds. The van der Waals surface area contributed by atoms with Crippen LogP contribution in [-0.2, 0) is 0 Å². The van der Waals surface area contributed by atoms with E-state index < -0.39 is 0 Å². The molecule has 7 heteroatoms. The number of para-hydroxylation sites is 2. The molecule has 0 atom stereocenters. The van der Waals surface area contributed by atoms with Crippen LogP contribution in [0.15, 0.2) is 24.3 Å². The molecule has 20 heavy (non-hydrogen) atoms. The Balaban J connectivity index is 2.30. The first-order valence-corrected chi connectivity index (χ1v) is 6.46. The summed E-state index contributed by atoms with van der Waals surface area (Å²) in [6.07, 6.45) is 0. The molecule has 0 radical (unpaired) electrons. The van der Waals surface area contributed by atoms with Crippen LogP contribution in [0.1, 0.15) is 6.92 Å². The van der Waals surface area contributed by atoms with Crippen molar-refractivity contribution in [2.45, 2.75) is 6.92 Å². The molecule has 0 bridgehead atoms. The van der Waals surface area contributed by atoms with Crippen LogP contribution in [0.2, 0.25) is 5.28 Å². The van der Waals surface area contributed by atoms with Gasteiger partial charge in [-0.2, -0.15) is 15.0 Å². The van der Waals surface area contributed by atoms with Gasteiger partial charge in [0, 0.05) is 14.1 Å². The van der Waals surface area contributed by atoms with Gasteiger partial charge in [0.25, 0.3) is 0 Å². The van der Waals surface area contributed by atoms with E-state index in [9.17, 15) is 0 Å². The van der Waals surface area contributed by atoms with Crippen LogP contribution in [0, 0.1) is 0 Å². The first-order chi connectivity index (χ1) is 9.60. The van der Waals surface area contributed by atoms with Crippen LogP contribution in [0.5, 0.6) is 17.5 Å². The van der Waals surface area contributed by atoms with Crippen LogP contribution in [0.4, 0.5) is 5.95 Å². The Labute approximate surface area is 122 Å². The molecule has 0 N–H and O–H groups in total. The number of rotatable bonds is 5. The van der Waals surface area contributed by atoms with Crippen LogP contribution in [0.25, 0.3) is 0 Å². The third-order valence-corrected chi connectivity index (χ3v) is 2.50. The highest BCUT2D eigenvalue weighted by Crippen LogP contribution is 2.30. The maximum Gasteiger partial charge on any atom is 0.328 e. The molecular formula is C13H15ClN4O2. The van der Waals surface area contributed by atoms with E-state index in [1.165, 1.54) is 0 Å². The predicted molar refractivity (Wildman–Crippen MR) is 76.8 cm³/mol. The highest BCUT2D eigenvalue weighted by molar-refractivity contribution is 6.28. The molecule has 6 nitrogen and oxygen atoms in total. The molecule has 0 aliphatic carbocycles. The summed E-state index contributed by atoms with van der Waals surface area (Å²) in [5.41, 5.74) is 0. The fourth-order valence-electron chi connectivity index (χ4n) is 1.48. The lowest BCUT2D eigenvalue weighted by Gasteiger charge is -2.12. The van der Waals surface area contributed by atoms with Gasteiger partial charge < -0.3 is 14.4 Å². The largest absolute Gasteiger partial charge is 0.490 e. The quantitative estimate of drug-likeness (QED) is 0.845. The van der Waals surface area contributed by atoms with E-state index in [2.05, 4.69) is 15.0 Å². The van der Waals surface area contributed by atoms with Gasteiger partial charge in [-0.3, -0.25) is 0 Å². The van der Waals surface area contributed by atoms with Gasteiger partial charge in [-0.1, -0.05) is 12.1 Å². The van der Waals surface area contributed by atoms with Gasteiger partial charge in [-0.15, -0.1) is 0 Å². The van der Waals surface area contributed by atoms with Crippen LogP contribution < -0.4 is 14.4 Å². The molecule has 0 saturated heterocycles. The molecule has 2 rings (SSSR count). The molecule has 0 fully saturated rings. The second-order valence-electron chi connectivity index (χ2n) is 4.06. The average Bonchev–Trinajstić information content (AvgIpc) is 2.40. The fraction of sp³-hybridized carbons (Fsp3) is 0.308. The van der Waals surface area contributed by atoms with Gasteiger partial charge in [0.2, 0.25) is 11.2 Å². The Kier molecular flexibility index (Phi) is 4.57. The van der Waals surface area contributed by atoms with Crippen molar-refractivity contribution in [1.82, 2.24) is 15.0 Å². The van der Waals surface area contributed by atoms with Crippen molar-refractivity contribution < 1.29 is 9.47 Å². The second-order valence-corrected chi connectivity index (χ2v) is 4.40. The lowest BCUT2D eigenvalue weighted by molar-refractivity contribution is 0.317. The third kappa shape index (κ3) is 3.48. The summed E-state index contributed by atoms with van der Waals surface area (Å²) < 4.78 is 11.1. The number of nitrogens with zero attached hydrogens (tertiary/aromatic N) is 4. The van der Waals surface area contributed by atoms with Crippen molar-refractivity contribution >= 4 is 17.5 Å². The van der Waals surface area contributed by atoms with Crippen molar-refractivity contribution in [2.24, 2.45) is 0 Å². The normalized spacial score (nSPS) is 10.2. The second kappa shape index (κ2) is 6.38. The Morgan fingerprint density at radius 1 is 1.10 bits per heavy atom. The van der Waals surface area contributed by atoms with E-state index in [0.717, 1.165) is 0 Å². The van der Waals surface area contributed by atoms with Crippen LogP contribution >= 0.6 is 11.6 Å². The Hall–Kier alpha value is -2.08. The topological polar surface area (TPSA) is 60.4 Å². The monoisotopic (exact) mass is 294 g/mol. The highest BCUT2D eigenvalue weighted by atomic mass is 35.5. The molecule has 0 saturated carbocycles. The van der Waals surface area contributed by atoms with Gasteiger partial charge >= 0.3 is 6.01 Å². The summed E-state index contributed by atoms with van der Waals surface area (Å²) in [7, 11) is 3.62. The molecule has 106 valence electrons. The number of hydrogen-bond acceptors (Lipinski definition) is 6. The zero-order valence-electron chi connectivity index (χ0n) is 11.5. The van der Waals surface area contributed by atoms with Gasteiger partial charge in [0.1, 0.15) is 0 Å². The summed E-state index contributed by atoms with van der Waals surface area (Å²) >= 11 is 5.86. The van der Waals surface area contributed by atoms with E-state index in [0.29, 0.717) is 24.1 Å². The van der Waals surface area contributed by atoms with Gasteiger partial charge in [-0.05, 0) is 30.7 Å². The number of hydrogen-bond donors (Lipinski definition) is 0. The molecule has 1 aromatic heterocycles. The first kappa shape index (κ1) is 14.3. The Bertz CT molecular complexity index is 592. The summed E-state index contributed by atoms with van der Waals surface area (Å²) in [6, 6.07) is 7.42. The van der Waals surface area contributed by atoms with Crippen molar-refractivity contribution in [1.29, 1.82) is 0 Å². The predicted octanol–water partition coefficient (Wildman–Crippen LogP) is 2.78. The van der Waals surface area contributed by atoms with Crippen molar-refractivity contribution in [3.8, 4) is 17.5 Å². The number of halogens is 1. The summed E-state index contributed by atoms with van der Waals surface area (Å²) in [4.78, 5) is 13.8. The molecule has 0 aliphatic heterocycles. The van der Waals surface area contributed by atoms with E-state index in [4.69, 9.17) is 21.1 Å². The Morgan fingerprint density at radius 2 is 1.80 bits per heavy atom. The highest BCUT2D eigenvalue weighted by Gasteiger charge is 2.11. The minimum atomic E-state index is 0.0765. The smallest absolute Gasteiger partial charge is 0.328 e. The van der Waals surface area contributed by atoms with Crippen molar-refractivity contribution in [2.75, 3.05) is 25.6 Å². The van der Waals surface area contributed by atoms with Crippen molar-refractivity contribution in [3.05, 3.63) is 29.5 Å². The maximum absolute atomic E-state index is 5.86. The SMILES string of the molecule is CCOc1ccccc1Oc1nc(Cl)nc(N(C)C)n1. The fourth-order valence-corrected chi connectivity index (χ4v) is 1.62. The van der Waals surface area contributed by atoms with E-state index in [-0.39, 0.29) is 11.3 Å². The lowest BCUT2D eigenvalue weighted by Crippen LogP contribution is -2.13. The molecule has 0 aliphatic rings. The van der Waals surface area contributed by atoms with E-state index in [1.54, 1.807) is 11.0 Å². The lowest BCUT2D eigenvalue weighted by atomic mass is 10.3. The van der Waals surface area contributed by atoms with Gasteiger partial charge in [0.05, 0.1) is 6.61 Å². The van der Waals surface area contributed by atoms with Crippen LogP contribution in [0.3, 0.4) is 0 Å². The summed E-state index contributed by atoms with van der Waals surface area (Å²) in [5.74, 6) is 1.58. The number of aromatic nitrogens is 3. The van der Waals surface area contributed by atoms with E-state index >= 15 is 0 Å². The van der Waals surface area contributed by atoms with E-state index in [1.807, 2.05) is 39.2 Å². The minimum absolute atomic E-state index is 0.0765. The van der Waals surface area contributed by atoms with Crippen molar-refractivity contribution in [3.63, 3.8) is 0 Å². The van der Waals surface area contributed by atoms with Gasteiger partial charge in [0.15, 0.2) is 11.5 Å². The number of ether oxygens (including phenoxy) is 2. The molecule has 0 spiro atoms. The maximum atomic E-state index is 5.86. The molecular weight excluding hydrogens is 280 g/mol. The number of anilines is 1. The first-order valence-electron chi connectivity index (χ1n) is 6.08. The minimum Gasteiger partial charge on any atom is -0.490 e. The standard InChI is InChI=1S/C13H15ClN4O2/c1-4-19-9-7-5-6-8-10(9)20-13-16-11(14)15-12(17-13)18(2)3/h5-8H,4H2,1-3H3. The Morgan fingerprint density at radius 3 is 2.45 bits per heavy atom. The molecule has 1 heterocycles. The molecule has 0 unspecified atom stereocenters. The zero-order chi connectivity index (χ0) is 14.5.